The Kier molecular flexibility index (Phi) is 5.79. The number of carbonyl (C=O) groups excluding carboxylic acids is 1. The fourth-order valence-corrected chi connectivity index (χ4v) is 2.27. The highest BCUT2D eigenvalue weighted by Gasteiger charge is 2.22. The number of benzene rings is 1. The molecule has 4 heteroatoms. The van der Waals surface area contributed by atoms with Gasteiger partial charge in [0.1, 0.15) is 0 Å². The van der Waals surface area contributed by atoms with Gasteiger partial charge in [0.15, 0.2) is 0 Å². The summed E-state index contributed by atoms with van der Waals surface area (Å²) in [7, 11) is 0. The number of aryl methyl sites for hydroxylation is 1. The quantitative estimate of drug-likeness (QED) is 0.837. The van der Waals surface area contributed by atoms with Crippen LogP contribution in [-0.2, 0) is 9.53 Å². The number of rotatable bonds is 3. The van der Waals surface area contributed by atoms with Gasteiger partial charge in [-0.2, -0.15) is 0 Å². The Balaban J connectivity index is 2.11. The summed E-state index contributed by atoms with van der Waals surface area (Å²) in [5.74, 6) is 5.81. The van der Waals surface area contributed by atoms with Crippen LogP contribution < -0.4 is 5.32 Å². The Morgan fingerprint density at radius 3 is 3.10 bits per heavy atom. The highest BCUT2D eigenvalue weighted by molar-refractivity contribution is 5.94. The first-order valence-corrected chi connectivity index (χ1v) is 7.29. The molecule has 1 heterocycles. The molecular weight excluding hydrogens is 266 g/mol. The van der Waals surface area contributed by atoms with Crippen molar-refractivity contribution in [3.63, 3.8) is 0 Å². The topological polar surface area (TPSA) is 58.6 Å². The zero-order valence-corrected chi connectivity index (χ0v) is 12.3. The van der Waals surface area contributed by atoms with Gasteiger partial charge >= 0.3 is 0 Å². The summed E-state index contributed by atoms with van der Waals surface area (Å²) in [5.41, 5.74) is 2.59. The molecule has 1 atom stereocenters. The number of ether oxygens (including phenoxy) is 1. The van der Waals surface area contributed by atoms with Gasteiger partial charge in [-0.05, 0) is 37.5 Å². The lowest BCUT2D eigenvalue weighted by Crippen LogP contribution is -2.30. The highest BCUT2D eigenvalue weighted by atomic mass is 16.5. The number of aliphatic hydroxyl groups excluding tert-OH is 1. The molecule has 2 rings (SSSR count). The highest BCUT2D eigenvalue weighted by Crippen LogP contribution is 2.20. The van der Waals surface area contributed by atoms with Crippen LogP contribution in [0.5, 0.6) is 0 Å². The first kappa shape index (κ1) is 15.6. The molecule has 4 nitrogen and oxygen atoms in total. The van der Waals surface area contributed by atoms with Gasteiger partial charge in [0.05, 0.1) is 24.8 Å². The number of nitrogens with one attached hydrogen (secondary N) is 1. The Labute approximate surface area is 125 Å². The van der Waals surface area contributed by atoms with Crippen molar-refractivity contribution in [3.05, 3.63) is 29.3 Å². The number of anilines is 1. The monoisotopic (exact) mass is 287 g/mol. The molecule has 1 saturated heterocycles. The molecule has 112 valence electrons. The predicted molar refractivity (Wildman–Crippen MR) is 81.9 cm³/mol. The van der Waals surface area contributed by atoms with E-state index < -0.39 is 0 Å². The van der Waals surface area contributed by atoms with Gasteiger partial charge in [-0.15, -0.1) is 0 Å². The Morgan fingerprint density at radius 2 is 2.38 bits per heavy atom. The van der Waals surface area contributed by atoms with Gasteiger partial charge in [0.25, 0.3) is 0 Å². The summed E-state index contributed by atoms with van der Waals surface area (Å²) >= 11 is 0. The van der Waals surface area contributed by atoms with Crippen molar-refractivity contribution in [1.82, 2.24) is 0 Å². The van der Waals surface area contributed by atoms with Crippen molar-refractivity contribution < 1.29 is 14.6 Å². The number of carbonyl (C=O) groups is 1. The van der Waals surface area contributed by atoms with Crippen LogP contribution >= 0.6 is 0 Å². The Morgan fingerprint density at radius 1 is 1.52 bits per heavy atom. The molecule has 1 aromatic carbocycles. The minimum absolute atomic E-state index is 0.0104. The first-order chi connectivity index (χ1) is 10.2. The molecule has 0 spiro atoms. The molecule has 0 bridgehead atoms. The van der Waals surface area contributed by atoms with Crippen LogP contribution in [0.2, 0.25) is 0 Å². The average Bonchev–Trinajstić information content (AvgIpc) is 2.51. The molecule has 2 N–H and O–H groups in total. The van der Waals surface area contributed by atoms with E-state index in [-0.39, 0.29) is 18.4 Å². The maximum Gasteiger partial charge on any atom is 0.229 e. The van der Waals surface area contributed by atoms with Gasteiger partial charge in [0.2, 0.25) is 5.91 Å². The first-order valence-electron chi connectivity index (χ1n) is 7.29. The van der Waals surface area contributed by atoms with E-state index in [9.17, 15) is 4.79 Å². The second-order valence-corrected chi connectivity index (χ2v) is 5.23. The summed E-state index contributed by atoms with van der Waals surface area (Å²) in [5, 5.41) is 11.7. The molecule has 0 aromatic heterocycles. The molecule has 1 amide bonds. The van der Waals surface area contributed by atoms with E-state index in [1.807, 2.05) is 25.1 Å². The third kappa shape index (κ3) is 4.59. The van der Waals surface area contributed by atoms with Gasteiger partial charge in [-0.3, -0.25) is 4.79 Å². The molecule has 0 radical (unpaired) electrons. The van der Waals surface area contributed by atoms with Crippen LogP contribution in [0.15, 0.2) is 18.2 Å². The third-order valence-electron chi connectivity index (χ3n) is 3.42. The second kappa shape index (κ2) is 7.82. The van der Waals surface area contributed by atoms with E-state index in [4.69, 9.17) is 9.84 Å². The normalized spacial score (nSPS) is 17.7. The van der Waals surface area contributed by atoms with Gasteiger partial charge in [-0.25, -0.2) is 0 Å². The number of hydrogen-bond donors (Lipinski definition) is 2. The fraction of sp³-hybridized carbons (Fsp3) is 0.471. The van der Waals surface area contributed by atoms with E-state index in [2.05, 4.69) is 17.2 Å². The molecule has 1 aliphatic heterocycles. The summed E-state index contributed by atoms with van der Waals surface area (Å²) in [4.78, 5) is 12.3. The van der Waals surface area contributed by atoms with E-state index in [0.717, 1.165) is 36.3 Å². The Bertz CT molecular complexity index is 551. The number of hydrogen-bond acceptors (Lipinski definition) is 3. The molecule has 1 fully saturated rings. The molecule has 0 saturated carbocycles. The smallest absolute Gasteiger partial charge is 0.229 e. The lowest BCUT2D eigenvalue weighted by molar-refractivity contribution is -0.123. The largest absolute Gasteiger partial charge is 0.395 e. The summed E-state index contributed by atoms with van der Waals surface area (Å²) < 4.78 is 5.35. The second-order valence-electron chi connectivity index (χ2n) is 5.23. The summed E-state index contributed by atoms with van der Waals surface area (Å²) in [6.07, 6.45) is 2.22. The lowest BCUT2D eigenvalue weighted by atomic mass is 10.0. The van der Waals surface area contributed by atoms with Crippen molar-refractivity contribution in [2.75, 3.05) is 25.1 Å². The van der Waals surface area contributed by atoms with Gasteiger partial charge in [-0.1, -0.05) is 17.9 Å². The minimum Gasteiger partial charge on any atom is -0.395 e. The molecule has 0 aliphatic carbocycles. The van der Waals surface area contributed by atoms with Crippen LogP contribution in [0.25, 0.3) is 0 Å². The number of aliphatic hydroxyl groups is 1. The molecule has 1 aliphatic rings. The van der Waals surface area contributed by atoms with E-state index >= 15 is 0 Å². The van der Waals surface area contributed by atoms with Crippen molar-refractivity contribution in [2.45, 2.75) is 26.2 Å². The van der Waals surface area contributed by atoms with Crippen LogP contribution in [0, 0.1) is 24.7 Å². The van der Waals surface area contributed by atoms with Crippen LogP contribution in [0.1, 0.15) is 30.4 Å². The van der Waals surface area contributed by atoms with E-state index in [1.165, 1.54) is 0 Å². The summed E-state index contributed by atoms with van der Waals surface area (Å²) in [6.45, 7) is 3.26. The van der Waals surface area contributed by atoms with Crippen LogP contribution in [-0.4, -0.2) is 30.8 Å². The van der Waals surface area contributed by atoms with Crippen LogP contribution in [0.4, 0.5) is 5.69 Å². The van der Waals surface area contributed by atoms with Crippen molar-refractivity contribution in [3.8, 4) is 11.8 Å². The molecule has 21 heavy (non-hydrogen) atoms. The minimum atomic E-state index is -0.0849. The van der Waals surface area contributed by atoms with Crippen LogP contribution in [0.3, 0.4) is 0 Å². The third-order valence-corrected chi connectivity index (χ3v) is 3.42. The maximum atomic E-state index is 12.3. The zero-order chi connectivity index (χ0) is 15.1. The predicted octanol–water partition coefficient (Wildman–Crippen LogP) is 2.09. The fourth-order valence-electron chi connectivity index (χ4n) is 2.27. The van der Waals surface area contributed by atoms with Crippen molar-refractivity contribution >= 4 is 11.6 Å². The standard InChI is InChI=1S/C17H21NO3/c1-13-7-8-16(14(11-13)5-2-3-9-19)18-17(20)15-6-4-10-21-12-15/h7-8,11,15,19H,3-4,6,9-10,12H2,1H3,(H,18,20). The lowest BCUT2D eigenvalue weighted by Gasteiger charge is -2.21. The van der Waals surface area contributed by atoms with Gasteiger partial charge < -0.3 is 15.2 Å². The van der Waals surface area contributed by atoms with E-state index in [0.29, 0.717) is 13.0 Å². The Hall–Kier alpha value is -1.83. The van der Waals surface area contributed by atoms with Gasteiger partial charge in [0, 0.05) is 18.6 Å². The average molecular weight is 287 g/mol. The van der Waals surface area contributed by atoms with Crippen molar-refractivity contribution in [1.29, 1.82) is 0 Å². The van der Waals surface area contributed by atoms with E-state index in [1.54, 1.807) is 0 Å². The molecule has 1 aromatic rings. The molecule has 1 unspecified atom stereocenters. The maximum absolute atomic E-state index is 12.3. The zero-order valence-electron chi connectivity index (χ0n) is 12.3. The number of amides is 1. The SMILES string of the molecule is Cc1ccc(NC(=O)C2CCCOC2)c(C#CCCO)c1. The van der Waals surface area contributed by atoms with Crippen molar-refractivity contribution in [2.24, 2.45) is 5.92 Å². The summed E-state index contributed by atoms with van der Waals surface area (Å²) in [6, 6.07) is 5.77. The molecular formula is C17H21NO3.